The summed E-state index contributed by atoms with van der Waals surface area (Å²) in [7, 11) is 0. The van der Waals surface area contributed by atoms with E-state index >= 15 is 0 Å². The first-order chi connectivity index (χ1) is 3.42. The molecule has 0 aliphatic heterocycles. The fourth-order valence-corrected chi connectivity index (χ4v) is 1.69. The summed E-state index contributed by atoms with van der Waals surface area (Å²) >= 11 is 8.10. The van der Waals surface area contributed by atoms with Crippen LogP contribution in [-0.4, -0.2) is 3.77 Å². The summed E-state index contributed by atoms with van der Waals surface area (Å²) in [5, 5.41) is 0. The Morgan fingerprint density at radius 2 is 1.88 bits per heavy atom. The Kier molecular flexibility index (Phi) is 3.13. The zero-order valence-electron chi connectivity index (χ0n) is 5.49. The molecule has 0 bridgehead atoms. The molecule has 0 fully saturated rings. The van der Waals surface area contributed by atoms with Gasteiger partial charge in [-0.3, -0.25) is 0 Å². The van der Waals surface area contributed by atoms with Crippen LogP contribution >= 0.6 is 28.1 Å². The molecule has 0 saturated heterocycles. The lowest BCUT2D eigenvalue weighted by Crippen LogP contribution is -2.06. The second-order valence-electron chi connectivity index (χ2n) is 3.09. The Morgan fingerprint density at radius 1 is 1.50 bits per heavy atom. The van der Waals surface area contributed by atoms with E-state index in [9.17, 15) is 0 Å². The lowest BCUT2D eigenvalue weighted by Gasteiger charge is -2.15. The van der Waals surface area contributed by atoms with E-state index in [4.69, 9.17) is 12.2 Å². The molecule has 0 aliphatic carbocycles. The van der Waals surface area contributed by atoms with Gasteiger partial charge in [-0.1, -0.05) is 33.0 Å². The third kappa shape index (κ3) is 6.57. The van der Waals surface area contributed by atoms with Gasteiger partial charge >= 0.3 is 0 Å². The van der Waals surface area contributed by atoms with Crippen LogP contribution in [0.4, 0.5) is 0 Å². The molecule has 0 unspecified atom stereocenters. The molecule has 0 aromatic carbocycles. The quantitative estimate of drug-likeness (QED) is 0.457. The fraction of sp³-hybridized carbons (Fsp3) is 0.833. The highest BCUT2D eigenvalue weighted by Gasteiger charge is 2.10. The lowest BCUT2D eigenvalue weighted by atomic mass is 9.94. The molecule has 0 spiro atoms. The summed E-state index contributed by atoms with van der Waals surface area (Å²) in [5.41, 5.74) is 0.334. The minimum atomic E-state index is 0.334. The molecule has 48 valence electrons. The number of hydrogen-bond acceptors (Lipinski definition) is 1. The van der Waals surface area contributed by atoms with Crippen LogP contribution in [-0.2, 0) is 0 Å². The van der Waals surface area contributed by atoms with Crippen LogP contribution < -0.4 is 0 Å². The molecule has 0 aromatic rings. The van der Waals surface area contributed by atoms with Crippen LogP contribution in [0.1, 0.15) is 27.2 Å². The molecule has 0 N–H and O–H groups in total. The topological polar surface area (TPSA) is 0 Å². The van der Waals surface area contributed by atoms with E-state index in [2.05, 4.69) is 36.7 Å². The standard InChI is InChI=1S/C6H11BrS/c1-6(2,3)4-5(7)8/h4H2,1-3H3. The second-order valence-corrected chi connectivity index (χ2v) is 5.07. The Hall–Kier alpha value is 0.570. The summed E-state index contributed by atoms with van der Waals surface area (Å²) in [6.45, 7) is 6.50. The van der Waals surface area contributed by atoms with Crippen LogP contribution in [0.15, 0.2) is 0 Å². The third-order valence-electron chi connectivity index (χ3n) is 0.669. The molecule has 0 aliphatic rings. The summed E-state index contributed by atoms with van der Waals surface area (Å²) in [6.07, 6.45) is 0.975. The van der Waals surface area contributed by atoms with Crippen LogP contribution in [0, 0.1) is 5.41 Å². The van der Waals surface area contributed by atoms with E-state index in [1.165, 1.54) is 0 Å². The van der Waals surface area contributed by atoms with E-state index in [1.54, 1.807) is 0 Å². The molecule has 0 amide bonds. The van der Waals surface area contributed by atoms with E-state index < -0.39 is 0 Å². The highest BCUT2D eigenvalue weighted by atomic mass is 79.9. The Morgan fingerprint density at radius 3 is 1.88 bits per heavy atom. The van der Waals surface area contributed by atoms with Crippen molar-refractivity contribution in [3.8, 4) is 0 Å². The van der Waals surface area contributed by atoms with Crippen molar-refractivity contribution in [3.05, 3.63) is 0 Å². The predicted octanol–water partition coefficient (Wildman–Crippen LogP) is 3.14. The first-order valence-corrected chi connectivity index (χ1v) is 3.80. The van der Waals surface area contributed by atoms with Gasteiger partial charge in [-0.25, -0.2) is 0 Å². The summed E-state index contributed by atoms with van der Waals surface area (Å²) < 4.78 is 0.921. The molecule has 0 rings (SSSR count). The minimum Gasteiger partial charge on any atom is -0.0768 e. The normalized spacial score (nSPS) is 11.5. The van der Waals surface area contributed by atoms with E-state index in [0.717, 1.165) is 10.2 Å². The van der Waals surface area contributed by atoms with Gasteiger partial charge in [0.05, 0.1) is 3.77 Å². The Balaban J connectivity index is 3.55. The fourth-order valence-electron chi connectivity index (χ4n) is 0.417. The molecule has 0 heterocycles. The zero-order chi connectivity index (χ0) is 6.78. The van der Waals surface area contributed by atoms with Crippen molar-refractivity contribution in [1.29, 1.82) is 0 Å². The molecule has 0 atom stereocenters. The van der Waals surface area contributed by atoms with Gasteiger partial charge in [0.15, 0.2) is 0 Å². The lowest BCUT2D eigenvalue weighted by molar-refractivity contribution is 0.438. The Bertz CT molecular complexity index is 91.2. The summed E-state index contributed by atoms with van der Waals surface area (Å²) in [6, 6.07) is 0. The van der Waals surface area contributed by atoms with E-state index in [0.29, 0.717) is 5.41 Å². The van der Waals surface area contributed by atoms with Crippen molar-refractivity contribution < 1.29 is 0 Å². The number of halogens is 1. The maximum absolute atomic E-state index is 4.86. The van der Waals surface area contributed by atoms with Gasteiger partial charge < -0.3 is 0 Å². The monoisotopic (exact) mass is 194 g/mol. The van der Waals surface area contributed by atoms with Crippen molar-refractivity contribution >= 4 is 31.9 Å². The summed E-state index contributed by atoms with van der Waals surface area (Å²) in [4.78, 5) is 0. The SMILES string of the molecule is CC(C)(C)CC(=S)Br. The smallest absolute Gasteiger partial charge is 0.0584 e. The molecule has 0 aromatic heterocycles. The molecule has 0 radical (unpaired) electrons. The molecule has 0 nitrogen and oxygen atoms in total. The maximum Gasteiger partial charge on any atom is 0.0584 e. The third-order valence-corrected chi connectivity index (χ3v) is 1.09. The molecule has 0 saturated carbocycles. The van der Waals surface area contributed by atoms with Crippen molar-refractivity contribution in [2.24, 2.45) is 5.41 Å². The average molecular weight is 195 g/mol. The number of thiocarbonyl (C=S) groups is 1. The van der Waals surface area contributed by atoms with Crippen molar-refractivity contribution in [2.75, 3.05) is 0 Å². The first-order valence-electron chi connectivity index (χ1n) is 2.60. The molecule has 8 heavy (non-hydrogen) atoms. The number of rotatable bonds is 1. The van der Waals surface area contributed by atoms with Crippen LogP contribution in [0.25, 0.3) is 0 Å². The van der Waals surface area contributed by atoms with Gasteiger partial charge in [0, 0.05) is 0 Å². The van der Waals surface area contributed by atoms with Gasteiger partial charge in [0.1, 0.15) is 0 Å². The van der Waals surface area contributed by atoms with Gasteiger partial charge in [-0.2, -0.15) is 0 Å². The van der Waals surface area contributed by atoms with Crippen LogP contribution in [0.3, 0.4) is 0 Å². The highest BCUT2D eigenvalue weighted by Crippen LogP contribution is 2.20. The van der Waals surface area contributed by atoms with Crippen molar-refractivity contribution in [3.63, 3.8) is 0 Å². The molecular weight excluding hydrogens is 184 g/mol. The van der Waals surface area contributed by atoms with Gasteiger partial charge in [0.25, 0.3) is 0 Å². The van der Waals surface area contributed by atoms with Crippen LogP contribution in [0.5, 0.6) is 0 Å². The largest absolute Gasteiger partial charge is 0.0768 e. The van der Waals surface area contributed by atoms with Gasteiger partial charge in [0.2, 0.25) is 0 Å². The molecular formula is C6H11BrS. The summed E-state index contributed by atoms with van der Waals surface area (Å²) in [5.74, 6) is 0. The second kappa shape index (κ2) is 2.92. The maximum atomic E-state index is 4.86. The first kappa shape index (κ1) is 8.57. The van der Waals surface area contributed by atoms with Gasteiger partial charge in [-0.15, -0.1) is 0 Å². The zero-order valence-corrected chi connectivity index (χ0v) is 7.90. The Labute approximate surface area is 64.8 Å². The number of hydrogen-bond donors (Lipinski definition) is 0. The van der Waals surface area contributed by atoms with Crippen molar-refractivity contribution in [2.45, 2.75) is 27.2 Å². The molecule has 2 heteroatoms. The van der Waals surface area contributed by atoms with Gasteiger partial charge in [-0.05, 0) is 27.8 Å². The van der Waals surface area contributed by atoms with Crippen molar-refractivity contribution in [1.82, 2.24) is 0 Å². The highest BCUT2D eigenvalue weighted by molar-refractivity contribution is 9.20. The predicted molar refractivity (Wildman–Crippen MR) is 45.6 cm³/mol. The van der Waals surface area contributed by atoms with E-state index in [-0.39, 0.29) is 0 Å². The average Bonchev–Trinajstić information content (AvgIpc) is 1.21. The van der Waals surface area contributed by atoms with Crippen LogP contribution in [0.2, 0.25) is 0 Å². The minimum absolute atomic E-state index is 0.334. The van der Waals surface area contributed by atoms with E-state index in [1.807, 2.05) is 0 Å².